The summed E-state index contributed by atoms with van der Waals surface area (Å²) in [6, 6.07) is 1.60. The molecule has 0 aliphatic rings. The van der Waals surface area contributed by atoms with Crippen LogP contribution < -0.4 is 5.73 Å². The van der Waals surface area contributed by atoms with Crippen LogP contribution in [0.15, 0.2) is 11.4 Å². The molecular formula is C10H13NO4S. The van der Waals surface area contributed by atoms with Crippen LogP contribution in [0.4, 0.5) is 0 Å². The lowest BCUT2D eigenvalue weighted by atomic mass is 10.1. The number of carbonyl (C=O) groups excluding carboxylic acids is 2. The smallest absolute Gasteiger partial charge is 0.338 e. The van der Waals surface area contributed by atoms with Gasteiger partial charge in [0.25, 0.3) is 0 Å². The van der Waals surface area contributed by atoms with Crippen LogP contribution in [-0.2, 0) is 14.3 Å². The topological polar surface area (TPSA) is 78.6 Å². The number of esters is 2. The van der Waals surface area contributed by atoms with Crippen molar-refractivity contribution in [1.29, 1.82) is 0 Å². The maximum atomic E-state index is 11.4. The third-order valence-corrected chi connectivity index (χ3v) is 3.15. The maximum Gasteiger partial charge on any atom is 0.338 e. The predicted octanol–water partition coefficient (Wildman–Crippen LogP) is 0.750. The summed E-state index contributed by atoms with van der Waals surface area (Å²) in [5.74, 6) is -1.35. The van der Waals surface area contributed by atoms with Gasteiger partial charge in [0.15, 0.2) is 0 Å². The second-order valence-corrected chi connectivity index (χ2v) is 3.98. The average molecular weight is 243 g/mol. The summed E-state index contributed by atoms with van der Waals surface area (Å²) < 4.78 is 9.20. The van der Waals surface area contributed by atoms with Gasteiger partial charge < -0.3 is 15.2 Å². The van der Waals surface area contributed by atoms with Gasteiger partial charge in [0.2, 0.25) is 0 Å². The first-order valence-electron chi connectivity index (χ1n) is 4.58. The van der Waals surface area contributed by atoms with Crippen molar-refractivity contribution < 1.29 is 19.1 Å². The highest BCUT2D eigenvalue weighted by Crippen LogP contribution is 2.24. The normalized spacial score (nSPS) is 11.9. The van der Waals surface area contributed by atoms with Gasteiger partial charge in [-0.05, 0) is 6.07 Å². The second kappa shape index (κ2) is 5.62. The van der Waals surface area contributed by atoms with Gasteiger partial charge in [0, 0.05) is 16.8 Å². The molecule has 0 amide bonds. The van der Waals surface area contributed by atoms with Gasteiger partial charge in [-0.2, -0.15) is 0 Å². The minimum absolute atomic E-state index is 0.147. The van der Waals surface area contributed by atoms with Gasteiger partial charge in [-0.15, -0.1) is 11.3 Å². The highest BCUT2D eigenvalue weighted by molar-refractivity contribution is 7.10. The monoisotopic (exact) mass is 243 g/mol. The SMILES string of the molecule is COC(=O)c1csc(C(CN)C(=O)OC)c1. The molecule has 0 radical (unpaired) electrons. The van der Waals surface area contributed by atoms with Crippen molar-refractivity contribution in [2.45, 2.75) is 5.92 Å². The molecule has 88 valence electrons. The van der Waals surface area contributed by atoms with E-state index in [1.54, 1.807) is 11.4 Å². The molecule has 1 heterocycles. The Balaban J connectivity index is 2.91. The van der Waals surface area contributed by atoms with Crippen molar-refractivity contribution in [3.8, 4) is 0 Å². The lowest BCUT2D eigenvalue weighted by molar-refractivity contribution is -0.142. The van der Waals surface area contributed by atoms with Crippen LogP contribution >= 0.6 is 11.3 Å². The molecule has 0 aromatic carbocycles. The van der Waals surface area contributed by atoms with E-state index >= 15 is 0 Å². The van der Waals surface area contributed by atoms with Crippen LogP contribution in [0.1, 0.15) is 21.2 Å². The van der Waals surface area contributed by atoms with E-state index in [1.807, 2.05) is 0 Å². The maximum absolute atomic E-state index is 11.4. The highest BCUT2D eigenvalue weighted by atomic mass is 32.1. The van der Waals surface area contributed by atoms with Gasteiger partial charge in [-0.1, -0.05) is 0 Å². The highest BCUT2D eigenvalue weighted by Gasteiger charge is 2.22. The molecule has 0 bridgehead atoms. The van der Waals surface area contributed by atoms with E-state index in [-0.39, 0.29) is 6.54 Å². The van der Waals surface area contributed by atoms with E-state index in [4.69, 9.17) is 5.73 Å². The predicted molar refractivity (Wildman–Crippen MR) is 59.5 cm³/mol. The van der Waals surface area contributed by atoms with E-state index in [0.717, 1.165) is 0 Å². The fourth-order valence-corrected chi connectivity index (χ4v) is 2.21. The Labute approximate surface area is 97.2 Å². The molecule has 0 aliphatic heterocycles. The lowest BCUT2D eigenvalue weighted by Crippen LogP contribution is -2.21. The fraction of sp³-hybridized carbons (Fsp3) is 0.400. The standard InChI is InChI=1S/C10H13NO4S/c1-14-9(12)6-3-8(16-5-6)7(4-11)10(13)15-2/h3,5,7H,4,11H2,1-2H3. The van der Waals surface area contributed by atoms with Crippen molar-refractivity contribution >= 4 is 23.3 Å². The molecule has 1 aromatic rings. The Bertz CT molecular complexity index is 388. The first-order chi connectivity index (χ1) is 7.63. The summed E-state index contributed by atoms with van der Waals surface area (Å²) in [6.07, 6.45) is 0. The van der Waals surface area contributed by atoms with Crippen LogP contribution in [0.2, 0.25) is 0 Å². The van der Waals surface area contributed by atoms with E-state index < -0.39 is 17.9 Å². The third-order valence-electron chi connectivity index (χ3n) is 2.11. The van der Waals surface area contributed by atoms with Gasteiger partial charge in [-0.25, -0.2) is 4.79 Å². The Morgan fingerprint density at radius 1 is 1.44 bits per heavy atom. The van der Waals surface area contributed by atoms with Crippen LogP contribution in [-0.4, -0.2) is 32.7 Å². The number of hydrogen-bond donors (Lipinski definition) is 1. The minimum atomic E-state index is -0.520. The molecule has 6 heteroatoms. The fourth-order valence-electron chi connectivity index (χ4n) is 1.23. The molecule has 1 aromatic heterocycles. The third kappa shape index (κ3) is 2.59. The van der Waals surface area contributed by atoms with E-state index in [2.05, 4.69) is 9.47 Å². The summed E-state index contributed by atoms with van der Waals surface area (Å²) in [4.78, 5) is 23.3. The summed E-state index contributed by atoms with van der Waals surface area (Å²) in [7, 11) is 2.61. The number of nitrogens with two attached hydrogens (primary N) is 1. The van der Waals surface area contributed by atoms with Crippen LogP contribution in [0.5, 0.6) is 0 Å². The molecular weight excluding hydrogens is 230 g/mol. The first kappa shape index (κ1) is 12.7. The van der Waals surface area contributed by atoms with Crippen LogP contribution in [0.25, 0.3) is 0 Å². The van der Waals surface area contributed by atoms with Gasteiger partial charge >= 0.3 is 11.9 Å². The molecule has 16 heavy (non-hydrogen) atoms. The van der Waals surface area contributed by atoms with Crippen molar-refractivity contribution in [3.63, 3.8) is 0 Å². The Morgan fingerprint density at radius 2 is 2.12 bits per heavy atom. The molecule has 0 saturated carbocycles. The van der Waals surface area contributed by atoms with Crippen molar-refractivity contribution in [2.24, 2.45) is 5.73 Å². The van der Waals surface area contributed by atoms with Gasteiger partial charge in [-0.3, -0.25) is 4.79 Å². The number of ether oxygens (including phenoxy) is 2. The summed E-state index contributed by atoms with van der Waals surface area (Å²) >= 11 is 1.29. The summed E-state index contributed by atoms with van der Waals surface area (Å²) in [5.41, 5.74) is 5.91. The number of rotatable bonds is 4. The zero-order chi connectivity index (χ0) is 12.1. The molecule has 5 nitrogen and oxygen atoms in total. The number of hydrogen-bond acceptors (Lipinski definition) is 6. The summed E-state index contributed by atoms with van der Waals surface area (Å²) in [5, 5.41) is 1.63. The molecule has 1 unspecified atom stereocenters. The first-order valence-corrected chi connectivity index (χ1v) is 5.46. The molecule has 2 N–H and O–H groups in total. The van der Waals surface area contributed by atoms with Crippen molar-refractivity contribution in [2.75, 3.05) is 20.8 Å². The Morgan fingerprint density at radius 3 is 2.62 bits per heavy atom. The van der Waals surface area contributed by atoms with E-state index in [1.165, 1.54) is 25.6 Å². The number of thiophene rings is 1. The summed E-state index contributed by atoms with van der Waals surface area (Å²) in [6.45, 7) is 0.147. The molecule has 0 aliphatic carbocycles. The van der Waals surface area contributed by atoms with Crippen LogP contribution in [0.3, 0.4) is 0 Å². The second-order valence-electron chi connectivity index (χ2n) is 3.04. The molecule has 0 saturated heterocycles. The molecule has 1 rings (SSSR count). The largest absolute Gasteiger partial charge is 0.468 e. The van der Waals surface area contributed by atoms with Crippen molar-refractivity contribution in [3.05, 3.63) is 21.9 Å². The number of carbonyl (C=O) groups is 2. The zero-order valence-corrected chi connectivity index (χ0v) is 9.87. The Kier molecular flexibility index (Phi) is 4.45. The molecule has 0 fully saturated rings. The minimum Gasteiger partial charge on any atom is -0.468 e. The number of methoxy groups -OCH3 is 2. The molecule has 1 atom stereocenters. The van der Waals surface area contributed by atoms with E-state index in [0.29, 0.717) is 10.4 Å². The van der Waals surface area contributed by atoms with Gasteiger partial charge in [0.05, 0.1) is 19.8 Å². The van der Waals surface area contributed by atoms with E-state index in [9.17, 15) is 9.59 Å². The molecule has 0 spiro atoms. The Hall–Kier alpha value is -1.40. The van der Waals surface area contributed by atoms with Crippen molar-refractivity contribution in [1.82, 2.24) is 0 Å². The average Bonchev–Trinajstić information content (AvgIpc) is 2.78. The lowest BCUT2D eigenvalue weighted by Gasteiger charge is -2.09. The quantitative estimate of drug-likeness (QED) is 0.789. The van der Waals surface area contributed by atoms with Crippen LogP contribution in [0, 0.1) is 0 Å². The van der Waals surface area contributed by atoms with Gasteiger partial charge in [0.1, 0.15) is 5.92 Å². The zero-order valence-electron chi connectivity index (χ0n) is 9.06.